The Morgan fingerprint density at radius 1 is 1.19 bits per heavy atom. The van der Waals surface area contributed by atoms with E-state index in [0.717, 1.165) is 31.8 Å². The van der Waals surface area contributed by atoms with Gasteiger partial charge in [-0.15, -0.1) is 0 Å². The molecule has 4 rings (SSSR count). The Morgan fingerprint density at radius 3 is 2.57 bits per heavy atom. The number of nitrogens with zero attached hydrogens (tertiary/aromatic N) is 4. The van der Waals surface area contributed by atoms with E-state index >= 15 is 0 Å². The molecule has 1 aromatic rings. The highest BCUT2D eigenvalue weighted by atomic mass is 32.2. The molecule has 37 heavy (non-hydrogen) atoms. The Hall–Kier alpha value is -2.68. The Kier molecular flexibility index (Phi) is 8.11. The van der Waals surface area contributed by atoms with Gasteiger partial charge in [0, 0.05) is 25.2 Å². The van der Waals surface area contributed by atoms with Gasteiger partial charge in [0.25, 0.3) is 15.9 Å². The third-order valence-corrected chi connectivity index (χ3v) is 9.36. The van der Waals surface area contributed by atoms with E-state index in [9.17, 15) is 13.2 Å². The van der Waals surface area contributed by atoms with Crippen molar-refractivity contribution in [1.82, 2.24) is 14.6 Å². The minimum Gasteiger partial charge on any atom is -0.356 e. The number of sulfonamides is 1. The van der Waals surface area contributed by atoms with E-state index in [-0.39, 0.29) is 16.1 Å². The lowest BCUT2D eigenvalue weighted by Gasteiger charge is -2.41. The summed E-state index contributed by atoms with van der Waals surface area (Å²) in [6.07, 6.45) is 10.4. The second kappa shape index (κ2) is 11.0. The number of piperidine rings is 1. The lowest BCUT2D eigenvalue weighted by molar-refractivity contribution is -0.115. The zero-order valence-electron chi connectivity index (χ0n) is 22.6. The number of likely N-dealkylation sites (tertiary alicyclic amines) is 1. The number of hydrogen-bond donors (Lipinski definition) is 1. The van der Waals surface area contributed by atoms with E-state index in [4.69, 9.17) is 0 Å². The molecule has 2 aliphatic heterocycles. The molecule has 1 amide bonds. The van der Waals surface area contributed by atoms with Crippen molar-refractivity contribution in [2.45, 2.75) is 76.8 Å². The third kappa shape index (κ3) is 5.92. The maximum absolute atomic E-state index is 13.4. The van der Waals surface area contributed by atoms with Gasteiger partial charge >= 0.3 is 0 Å². The summed E-state index contributed by atoms with van der Waals surface area (Å²) in [6, 6.07) is 4.98. The zero-order chi connectivity index (χ0) is 26.8. The number of allylic oxidation sites excluding steroid dienone is 1. The van der Waals surface area contributed by atoms with Crippen LogP contribution in [0.15, 0.2) is 51.8 Å². The first kappa shape index (κ1) is 27.4. The smallest absolute Gasteiger partial charge is 0.281 e. The molecule has 3 aliphatic rings. The van der Waals surface area contributed by atoms with Crippen molar-refractivity contribution in [3.05, 3.63) is 41.7 Å². The minimum absolute atomic E-state index is 0.160. The number of aromatic nitrogens is 1. The molecule has 0 radical (unpaired) electrons. The molecule has 0 bridgehead atoms. The molecule has 9 heteroatoms. The van der Waals surface area contributed by atoms with E-state index in [1.807, 2.05) is 11.0 Å². The molecule has 3 heterocycles. The van der Waals surface area contributed by atoms with Crippen molar-refractivity contribution in [3.8, 4) is 0 Å². The van der Waals surface area contributed by atoms with Crippen molar-refractivity contribution >= 4 is 28.5 Å². The maximum atomic E-state index is 13.4. The summed E-state index contributed by atoms with van der Waals surface area (Å²) in [5.74, 6) is 2.11. The first-order valence-corrected chi connectivity index (χ1v) is 14.9. The summed E-state index contributed by atoms with van der Waals surface area (Å²) in [5.41, 5.74) is -0.0670. The highest BCUT2D eigenvalue weighted by Gasteiger charge is 2.39. The van der Waals surface area contributed by atoms with Crippen LogP contribution in [0, 0.1) is 17.8 Å². The van der Waals surface area contributed by atoms with Crippen molar-refractivity contribution in [3.63, 3.8) is 0 Å². The lowest BCUT2D eigenvalue weighted by Crippen LogP contribution is -2.42. The molecule has 1 saturated carbocycles. The number of nitrogens with one attached hydrogen (secondary N) is 1. The summed E-state index contributed by atoms with van der Waals surface area (Å²) in [4.78, 5) is 26.3. The van der Waals surface area contributed by atoms with Crippen LogP contribution in [0.2, 0.25) is 0 Å². The van der Waals surface area contributed by atoms with E-state index in [1.54, 1.807) is 25.1 Å². The fourth-order valence-electron chi connectivity index (χ4n) is 6.46. The number of carbonyl (C=O) groups excluding carboxylic acids is 1. The highest BCUT2D eigenvalue weighted by Crippen LogP contribution is 2.38. The van der Waals surface area contributed by atoms with Gasteiger partial charge in [-0.05, 0) is 82.7 Å². The number of carbonyl (C=O) groups is 1. The summed E-state index contributed by atoms with van der Waals surface area (Å²) in [7, 11) is -4.20. The minimum atomic E-state index is -4.20. The summed E-state index contributed by atoms with van der Waals surface area (Å²) < 4.78 is 28.9. The average Bonchev–Trinajstić information content (AvgIpc) is 3.14. The van der Waals surface area contributed by atoms with Crippen LogP contribution >= 0.6 is 0 Å². The Morgan fingerprint density at radius 2 is 1.92 bits per heavy atom. The van der Waals surface area contributed by atoms with E-state index in [0.29, 0.717) is 30.0 Å². The number of pyridine rings is 1. The van der Waals surface area contributed by atoms with Gasteiger partial charge in [0.05, 0.1) is 5.57 Å². The Balaban J connectivity index is 1.57. The van der Waals surface area contributed by atoms with Gasteiger partial charge in [-0.2, -0.15) is 8.42 Å². The molecule has 0 aromatic carbocycles. The Labute approximate surface area is 222 Å². The largest absolute Gasteiger partial charge is 0.356 e. The van der Waals surface area contributed by atoms with Gasteiger partial charge in [-0.1, -0.05) is 38.3 Å². The van der Waals surface area contributed by atoms with Crippen LogP contribution in [0.1, 0.15) is 66.2 Å². The third-order valence-electron chi connectivity index (χ3n) is 8.12. The number of rotatable bonds is 7. The SMILES string of the molecule is C=N/C(=C(\C=C/C)C(=O)NS(=O)(=O)c1cccc(N2CCC3CCCCC3C2)n1)N1CC(C)CC1(C)C. The summed E-state index contributed by atoms with van der Waals surface area (Å²) >= 11 is 0. The second-order valence-corrected chi connectivity index (χ2v) is 13.1. The lowest BCUT2D eigenvalue weighted by atomic mass is 9.75. The van der Waals surface area contributed by atoms with Gasteiger partial charge < -0.3 is 9.80 Å². The molecular weight excluding hydrogens is 486 g/mol. The molecule has 3 unspecified atom stereocenters. The van der Waals surface area contributed by atoms with Crippen LogP contribution in [0.25, 0.3) is 0 Å². The molecule has 3 atom stereocenters. The van der Waals surface area contributed by atoms with Gasteiger partial charge in [0.2, 0.25) is 0 Å². The summed E-state index contributed by atoms with van der Waals surface area (Å²) in [5, 5.41) is -0.160. The monoisotopic (exact) mass is 527 g/mol. The normalized spacial score (nSPS) is 26.5. The van der Waals surface area contributed by atoms with E-state index in [2.05, 4.69) is 47.1 Å². The van der Waals surface area contributed by atoms with Crippen molar-refractivity contribution < 1.29 is 13.2 Å². The molecular formula is C28H41N5O3S. The molecule has 202 valence electrons. The van der Waals surface area contributed by atoms with Gasteiger partial charge in [0.15, 0.2) is 5.03 Å². The quantitative estimate of drug-likeness (QED) is 0.318. The number of hydrogen-bond acceptors (Lipinski definition) is 7. The van der Waals surface area contributed by atoms with Crippen LogP contribution in [-0.4, -0.2) is 56.1 Å². The molecule has 2 saturated heterocycles. The highest BCUT2D eigenvalue weighted by molar-refractivity contribution is 7.90. The van der Waals surface area contributed by atoms with Crippen LogP contribution in [0.5, 0.6) is 0 Å². The van der Waals surface area contributed by atoms with Crippen molar-refractivity contribution in [1.29, 1.82) is 0 Å². The number of aliphatic imine (C=N–C) groups is 1. The molecule has 3 fully saturated rings. The number of amides is 1. The predicted octanol–water partition coefficient (Wildman–Crippen LogP) is 4.51. The molecule has 0 spiro atoms. The predicted molar refractivity (Wildman–Crippen MR) is 148 cm³/mol. The van der Waals surface area contributed by atoms with Crippen molar-refractivity contribution in [2.75, 3.05) is 24.5 Å². The molecule has 8 nitrogen and oxygen atoms in total. The van der Waals surface area contributed by atoms with Crippen LogP contribution in [-0.2, 0) is 14.8 Å². The van der Waals surface area contributed by atoms with Gasteiger partial charge in [-0.3, -0.25) is 4.79 Å². The number of fused-ring (bicyclic) bond motifs is 1. The first-order chi connectivity index (χ1) is 17.6. The van der Waals surface area contributed by atoms with Gasteiger partial charge in [0.1, 0.15) is 11.6 Å². The summed E-state index contributed by atoms with van der Waals surface area (Å²) in [6.45, 7) is 14.3. The second-order valence-electron chi connectivity index (χ2n) is 11.4. The molecule has 1 aliphatic carbocycles. The maximum Gasteiger partial charge on any atom is 0.281 e. The van der Waals surface area contributed by atoms with E-state index in [1.165, 1.54) is 31.7 Å². The standard InChI is InChI=1S/C28H41N5O3S/c1-6-10-23(26(29-5)33-18-20(2)17-28(33,3)4)27(34)31-37(35,36)25-14-9-13-24(30-25)32-16-15-21-11-7-8-12-22(21)19-32/h6,9-10,13-14,20-22H,5,7-8,11-12,15-19H2,1-4H3,(H,31,34)/b10-6-,26-23-. The average molecular weight is 528 g/mol. The first-order valence-electron chi connectivity index (χ1n) is 13.5. The Bertz CT molecular complexity index is 1190. The molecule has 1 aromatic heterocycles. The molecule has 1 N–H and O–H groups in total. The van der Waals surface area contributed by atoms with Crippen LogP contribution in [0.4, 0.5) is 5.82 Å². The van der Waals surface area contributed by atoms with E-state index < -0.39 is 15.9 Å². The topological polar surface area (TPSA) is 95.0 Å². The fourth-order valence-corrected chi connectivity index (χ4v) is 7.39. The van der Waals surface area contributed by atoms with Crippen LogP contribution in [0.3, 0.4) is 0 Å². The number of anilines is 1. The van der Waals surface area contributed by atoms with Gasteiger partial charge in [-0.25, -0.2) is 14.7 Å². The zero-order valence-corrected chi connectivity index (χ0v) is 23.4. The van der Waals surface area contributed by atoms with Crippen LogP contribution < -0.4 is 9.62 Å². The van der Waals surface area contributed by atoms with Crippen molar-refractivity contribution in [2.24, 2.45) is 22.7 Å². The fraction of sp³-hybridized carbons (Fsp3) is 0.607.